The van der Waals surface area contributed by atoms with Crippen LogP contribution in [0.25, 0.3) is 11.0 Å². The normalized spacial score (nSPS) is 14.8. The van der Waals surface area contributed by atoms with Crippen LogP contribution in [-0.2, 0) is 23.0 Å². The number of benzene rings is 1. The Balaban J connectivity index is 2.49. The largest absolute Gasteiger partial charge is 0.608 e. The lowest BCUT2D eigenvalue weighted by Crippen LogP contribution is -2.28. The van der Waals surface area contributed by atoms with Crippen LogP contribution in [0.15, 0.2) is 29.4 Å². The molecule has 5 nitrogen and oxygen atoms in total. The highest BCUT2D eigenvalue weighted by molar-refractivity contribution is 7.92. The molecule has 0 aliphatic carbocycles. The summed E-state index contributed by atoms with van der Waals surface area (Å²) in [5.41, 5.74) is 1.56. The van der Waals surface area contributed by atoms with Crippen LogP contribution in [0.2, 0.25) is 0 Å². The minimum absolute atomic E-state index is 0.293. The lowest BCUT2D eigenvalue weighted by atomic mass is 10.3. The Bertz CT molecular complexity index is 567. The molecule has 0 fully saturated rings. The van der Waals surface area contributed by atoms with E-state index in [1.165, 1.54) is 6.92 Å². The summed E-state index contributed by atoms with van der Waals surface area (Å²) in [6.45, 7) is 1.41. The van der Waals surface area contributed by atoms with Crippen molar-refractivity contribution in [2.75, 3.05) is 0 Å². The lowest BCUT2D eigenvalue weighted by molar-refractivity contribution is -0.136. The van der Waals surface area contributed by atoms with E-state index in [0.29, 0.717) is 5.16 Å². The van der Waals surface area contributed by atoms with E-state index >= 15 is 0 Å². The molecule has 0 aliphatic heterocycles. The average Bonchev–Trinajstić information content (AvgIpc) is 2.65. The van der Waals surface area contributed by atoms with E-state index in [-0.39, 0.29) is 0 Å². The summed E-state index contributed by atoms with van der Waals surface area (Å²) in [4.78, 5) is 15.0. The second-order valence-corrected chi connectivity index (χ2v) is 5.39. The predicted octanol–water partition coefficient (Wildman–Crippen LogP) is 1.15. The molecule has 1 heterocycles. The number of carboxylic acid groups (broad SMARTS) is 1. The first kappa shape index (κ1) is 11.9. The maximum atomic E-state index is 12.0. The van der Waals surface area contributed by atoms with Gasteiger partial charge in [-0.25, -0.2) is 4.79 Å². The quantitative estimate of drug-likeness (QED) is 0.831. The maximum Gasteiger partial charge on any atom is 0.357 e. The van der Waals surface area contributed by atoms with Gasteiger partial charge >= 0.3 is 11.1 Å². The minimum Gasteiger partial charge on any atom is -0.608 e. The highest BCUT2D eigenvalue weighted by Crippen LogP contribution is 2.21. The zero-order valence-electron chi connectivity index (χ0n) is 9.45. The van der Waals surface area contributed by atoms with Crippen molar-refractivity contribution in [2.24, 2.45) is 7.05 Å². The summed E-state index contributed by atoms with van der Waals surface area (Å²) >= 11 is -1.65. The molecule has 17 heavy (non-hydrogen) atoms. The fourth-order valence-electron chi connectivity index (χ4n) is 1.55. The topological polar surface area (TPSA) is 78.2 Å². The minimum atomic E-state index is -1.65. The van der Waals surface area contributed by atoms with E-state index < -0.39 is 22.4 Å². The third-order valence-electron chi connectivity index (χ3n) is 2.59. The second-order valence-electron chi connectivity index (χ2n) is 3.72. The van der Waals surface area contributed by atoms with Gasteiger partial charge in [0.05, 0.1) is 11.0 Å². The summed E-state index contributed by atoms with van der Waals surface area (Å²) in [6.07, 6.45) is 0. The van der Waals surface area contributed by atoms with E-state index in [9.17, 15) is 9.35 Å². The molecule has 90 valence electrons. The van der Waals surface area contributed by atoms with Crippen LogP contribution < -0.4 is 0 Å². The fourth-order valence-corrected chi connectivity index (χ4v) is 2.61. The molecule has 2 aromatic rings. The van der Waals surface area contributed by atoms with Gasteiger partial charge in [-0.15, -0.1) is 0 Å². The van der Waals surface area contributed by atoms with Crippen molar-refractivity contribution in [2.45, 2.75) is 17.3 Å². The third-order valence-corrected chi connectivity index (χ3v) is 4.16. The molecular formula is C11H12N2O3S. The van der Waals surface area contributed by atoms with Gasteiger partial charge in [-0.05, 0) is 19.1 Å². The first-order chi connectivity index (χ1) is 8.02. The van der Waals surface area contributed by atoms with E-state index in [1.54, 1.807) is 11.6 Å². The number of aromatic nitrogens is 2. The maximum absolute atomic E-state index is 12.0. The van der Waals surface area contributed by atoms with Gasteiger partial charge in [-0.1, -0.05) is 12.1 Å². The zero-order chi connectivity index (χ0) is 12.6. The van der Waals surface area contributed by atoms with Gasteiger partial charge in [0.1, 0.15) is 0 Å². The van der Waals surface area contributed by atoms with Crippen LogP contribution in [0.4, 0.5) is 0 Å². The molecule has 0 saturated carbocycles. The smallest absolute Gasteiger partial charge is 0.357 e. The molecule has 0 bridgehead atoms. The van der Waals surface area contributed by atoms with Crippen LogP contribution in [0.1, 0.15) is 6.92 Å². The first-order valence-electron chi connectivity index (χ1n) is 5.07. The number of hydrogen-bond acceptors (Lipinski definition) is 3. The number of para-hydroxylation sites is 2. The fraction of sp³-hybridized carbons (Fsp3) is 0.273. The Morgan fingerprint density at radius 2 is 2.18 bits per heavy atom. The molecular weight excluding hydrogens is 240 g/mol. The number of carbonyl (C=O) groups is 1. The van der Waals surface area contributed by atoms with Crippen LogP contribution in [0.5, 0.6) is 0 Å². The van der Waals surface area contributed by atoms with E-state index in [1.807, 2.05) is 24.3 Å². The molecule has 0 aliphatic rings. The summed E-state index contributed by atoms with van der Waals surface area (Å²) in [7, 11) is 1.73. The van der Waals surface area contributed by atoms with Crippen LogP contribution in [-0.4, -0.2) is 30.4 Å². The van der Waals surface area contributed by atoms with Crippen molar-refractivity contribution < 1.29 is 14.5 Å². The van der Waals surface area contributed by atoms with Gasteiger partial charge in [0.15, 0.2) is 0 Å². The molecule has 1 N–H and O–H groups in total. The Morgan fingerprint density at radius 1 is 1.53 bits per heavy atom. The molecule has 2 rings (SSSR count). The Hall–Kier alpha value is -1.53. The van der Waals surface area contributed by atoms with Crippen LogP contribution >= 0.6 is 0 Å². The highest BCUT2D eigenvalue weighted by Gasteiger charge is 2.31. The third kappa shape index (κ3) is 2.01. The van der Waals surface area contributed by atoms with Crippen molar-refractivity contribution in [1.82, 2.24) is 9.55 Å². The van der Waals surface area contributed by atoms with Crippen LogP contribution in [0.3, 0.4) is 0 Å². The molecule has 0 amide bonds. The SMILES string of the molecule is C[C@@H](C(=O)O)[S+]([O-])c1nc2ccccc2n1C. The summed E-state index contributed by atoms with van der Waals surface area (Å²) < 4.78 is 13.7. The van der Waals surface area contributed by atoms with E-state index in [0.717, 1.165) is 11.0 Å². The highest BCUT2D eigenvalue weighted by atomic mass is 32.2. The predicted molar refractivity (Wildman–Crippen MR) is 64.2 cm³/mol. The number of fused-ring (bicyclic) bond motifs is 1. The molecule has 2 atom stereocenters. The van der Waals surface area contributed by atoms with Gasteiger partial charge in [-0.2, -0.15) is 4.98 Å². The standard InChI is InChI=1S/C11H12N2O3S/c1-7(10(14)15)17(16)11-12-8-5-3-4-6-9(8)13(11)2/h3-7H,1-2H3,(H,14,15)/t7-,17?/m0/s1. The van der Waals surface area contributed by atoms with Crippen LogP contribution in [0, 0.1) is 0 Å². The van der Waals surface area contributed by atoms with Gasteiger partial charge in [0, 0.05) is 18.2 Å². The Morgan fingerprint density at radius 3 is 2.76 bits per heavy atom. The van der Waals surface area contributed by atoms with Crippen molar-refractivity contribution in [3.8, 4) is 0 Å². The number of nitrogens with zero attached hydrogens (tertiary/aromatic N) is 2. The molecule has 0 spiro atoms. The summed E-state index contributed by atoms with van der Waals surface area (Å²) in [5.74, 6) is -1.09. The number of carboxylic acids is 1. The van der Waals surface area contributed by atoms with Crippen molar-refractivity contribution in [3.05, 3.63) is 24.3 Å². The monoisotopic (exact) mass is 252 g/mol. The second kappa shape index (κ2) is 4.38. The molecule has 1 aromatic heterocycles. The van der Waals surface area contributed by atoms with Gasteiger partial charge < -0.3 is 9.66 Å². The average molecular weight is 252 g/mol. The molecule has 6 heteroatoms. The zero-order valence-corrected chi connectivity index (χ0v) is 10.3. The van der Waals surface area contributed by atoms with E-state index in [2.05, 4.69) is 4.98 Å². The molecule has 1 aromatic carbocycles. The molecule has 0 saturated heterocycles. The lowest BCUT2D eigenvalue weighted by Gasteiger charge is -2.12. The van der Waals surface area contributed by atoms with Crippen molar-refractivity contribution >= 4 is 28.2 Å². The number of hydrogen-bond donors (Lipinski definition) is 1. The van der Waals surface area contributed by atoms with Gasteiger partial charge in [-0.3, -0.25) is 4.57 Å². The van der Waals surface area contributed by atoms with E-state index in [4.69, 9.17) is 5.11 Å². The molecule has 1 unspecified atom stereocenters. The Kier molecular flexibility index (Phi) is 3.08. The first-order valence-corrected chi connectivity index (χ1v) is 6.28. The van der Waals surface area contributed by atoms with Crippen molar-refractivity contribution in [3.63, 3.8) is 0 Å². The van der Waals surface area contributed by atoms with Crippen molar-refractivity contribution in [1.29, 1.82) is 0 Å². The number of imidazole rings is 1. The summed E-state index contributed by atoms with van der Waals surface area (Å²) in [6, 6.07) is 7.36. The number of aliphatic carboxylic acids is 1. The Labute approximate surface area is 101 Å². The molecule has 0 radical (unpaired) electrons. The van der Waals surface area contributed by atoms with Gasteiger partial charge in [0.25, 0.3) is 0 Å². The summed E-state index contributed by atoms with van der Waals surface area (Å²) in [5, 5.41) is 8.17. The number of aryl methyl sites for hydroxylation is 1. The number of rotatable bonds is 3. The van der Waals surface area contributed by atoms with Gasteiger partial charge in [0.2, 0.25) is 5.25 Å².